The van der Waals surface area contributed by atoms with Gasteiger partial charge in [0.1, 0.15) is 11.6 Å². The predicted molar refractivity (Wildman–Crippen MR) is 134 cm³/mol. The van der Waals surface area contributed by atoms with Crippen LogP contribution in [0.1, 0.15) is 17.4 Å². The largest absolute Gasteiger partial charge is 0.496 e. The second kappa shape index (κ2) is 9.34. The quantitative estimate of drug-likeness (QED) is 0.460. The van der Waals surface area contributed by atoms with Crippen molar-refractivity contribution in [3.8, 4) is 22.7 Å². The van der Waals surface area contributed by atoms with Gasteiger partial charge in [-0.25, -0.2) is 9.07 Å². The number of benzene rings is 2. The summed E-state index contributed by atoms with van der Waals surface area (Å²) in [5, 5.41) is 4.97. The van der Waals surface area contributed by atoms with E-state index in [0.29, 0.717) is 22.3 Å². The first-order valence-electron chi connectivity index (χ1n) is 11.6. The number of pyridine rings is 1. The molecule has 2 aromatic heterocycles. The van der Waals surface area contributed by atoms with Crippen LogP contribution in [-0.2, 0) is 0 Å². The standard InChI is InChI=1S/C26H27FN6O2/c1-3-31-11-13-32(14-12-31)17-7-9-18(10-8-17)33-22-16-29-21(15-19(22)25(30-33)26(28)34)24-20(27)5-4-6-23(24)35-2/h4-10,15-16H,3,11-14H2,1-2H3,(H2,28,34). The number of hydrogen-bond acceptors (Lipinski definition) is 6. The fraction of sp³-hybridized carbons (Fsp3) is 0.269. The first kappa shape index (κ1) is 22.8. The minimum absolute atomic E-state index is 0.0960. The Morgan fingerprint density at radius 1 is 1.09 bits per heavy atom. The average molecular weight is 475 g/mol. The summed E-state index contributed by atoms with van der Waals surface area (Å²) >= 11 is 0. The number of halogens is 1. The lowest BCUT2D eigenvalue weighted by molar-refractivity contribution is 0.0996. The van der Waals surface area contributed by atoms with Gasteiger partial charge in [0.25, 0.3) is 5.91 Å². The first-order valence-corrected chi connectivity index (χ1v) is 11.6. The average Bonchev–Trinajstić information content (AvgIpc) is 3.28. The minimum Gasteiger partial charge on any atom is -0.496 e. The summed E-state index contributed by atoms with van der Waals surface area (Å²) in [7, 11) is 1.47. The van der Waals surface area contributed by atoms with Crippen LogP contribution in [0.2, 0.25) is 0 Å². The molecule has 0 saturated carbocycles. The van der Waals surface area contributed by atoms with E-state index in [0.717, 1.165) is 44.1 Å². The van der Waals surface area contributed by atoms with Gasteiger partial charge < -0.3 is 20.3 Å². The molecule has 5 rings (SSSR count). The zero-order valence-corrected chi connectivity index (χ0v) is 19.7. The predicted octanol–water partition coefficient (Wildman–Crippen LogP) is 3.48. The van der Waals surface area contributed by atoms with Crippen LogP contribution in [0, 0.1) is 5.82 Å². The van der Waals surface area contributed by atoms with Crippen LogP contribution in [0.5, 0.6) is 5.75 Å². The zero-order chi connectivity index (χ0) is 24.5. The molecule has 0 spiro atoms. The number of aromatic nitrogens is 3. The molecule has 1 aliphatic heterocycles. The summed E-state index contributed by atoms with van der Waals surface area (Å²) in [4.78, 5) is 21.5. The zero-order valence-electron chi connectivity index (χ0n) is 19.7. The molecule has 1 fully saturated rings. The van der Waals surface area contributed by atoms with Crippen LogP contribution in [0.3, 0.4) is 0 Å². The van der Waals surface area contributed by atoms with Crippen molar-refractivity contribution in [1.29, 1.82) is 0 Å². The smallest absolute Gasteiger partial charge is 0.269 e. The highest BCUT2D eigenvalue weighted by atomic mass is 19.1. The number of primary amides is 1. The Morgan fingerprint density at radius 3 is 2.46 bits per heavy atom. The maximum absolute atomic E-state index is 14.6. The van der Waals surface area contributed by atoms with Gasteiger partial charge in [-0.15, -0.1) is 0 Å². The molecule has 1 saturated heterocycles. The number of ether oxygens (including phenoxy) is 1. The molecule has 0 atom stereocenters. The third-order valence-electron chi connectivity index (χ3n) is 6.53. The fourth-order valence-corrected chi connectivity index (χ4v) is 4.58. The van der Waals surface area contributed by atoms with Crippen molar-refractivity contribution in [2.24, 2.45) is 5.73 Å². The molecule has 9 heteroatoms. The molecule has 8 nitrogen and oxygen atoms in total. The Bertz CT molecular complexity index is 1380. The number of hydrogen-bond donors (Lipinski definition) is 1. The van der Waals surface area contributed by atoms with E-state index in [2.05, 4.69) is 38.9 Å². The molecule has 2 aromatic carbocycles. The Labute approximate surface area is 202 Å². The van der Waals surface area contributed by atoms with E-state index < -0.39 is 11.7 Å². The summed E-state index contributed by atoms with van der Waals surface area (Å²) < 4.78 is 21.6. The van der Waals surface area contributed by atoms with Gasteiger partial charge in [0.05, 0.1) is 35.8 Å². The molecular weight excluding hydrogens is 447 g/mol. The molecule has 0 unspecified atom stereocenters. The maximum atomic E-state index is 14.6. The third kappa shape index (κ3) is 4.19. The lowest BCUT2D eigenvalue weighted by atomic mass is 10.1. The summed E-state index contributed by atoms with van der Waals surface area (Å²) in [5.74, 6) is -0.795. The number of carbonyl (C=O) groups is 1. The number of piperazine rings is 1. The second-order valence-electron chi connectivity index (χ2n) is 8.47. The Balaban J connectivity index is 1.53. The van der Waals surface area contributed by atoms with Crippen molar-refractivity contribution >= 4 is 22.5 Å². The number of amides is 1. The van der Waals surface area contributed by atoms with Crippen LogP contribution in [-0.4, -0.2) is 65.4 Å². The van der Waals surface area contributed by atoms with Crippen LogP contribution >= 0.6 is 0 Å². The molecule has 2 N–H and O–H groups in total. The second-order valence-corrected chi connectivity index (χ2v) is 8.47. The molecular formula is C26H27FN6O2. The van der Waals surface area contributed by atoms with Gasteiger partial charge in [0, 0.05) is 37.3 Å². The maximum Gasteiger partial charge on any atom is 0.269 e. The highest BCUT2D eigenvalue weighted by Gasteiger charge is 2.21. The first-order chi connectivity index (χ1) is 17.0. The monoisotopic (exact) mass is 474 g/mol. The van der Waals surface area contributed by atoms with E-state index in [1.165, 1.54) is 13.2 Å². The minimum atomic E-state index is -0.670. The van der Waals surface area contributed by atoms with Crippen LogP contribution in [0.4, 0.5) is 10.1 Å². The molecule has 180 valence electrons. The van der Waals surface area contributed by atoms with E-state index in [-0.39, 0.29) is 11.3 Å². The number of rotatable bonds is 6. The molecule has 3 heterocycles. The number of anilines is 1. The Kier molecular flexibility index (Phi) is 6.08. The fourth-order valence-electron chi connectivity index (χ4n) is 4.58. The van der Waals surface area contributed by atoms with Crippen molar-refractivity contribution in [1.82, 2.24) is 19.7 Å². The van der Waals surface area contributed by atoms with Crippen molar-refractivity contribution in [2.45, 2.75) is 6.92 Å². The van der Waals surface area contributed by atoms with Crippen LogP contribution in [0.15, 0.2) is 54.7 Å². The van der Waals surface area contributed by atoms with Crippen molar-refractivity contribution in [3.63, 3.8) is 0 Å². The highest BCUT2D eigenvalue weighted by molar-refractivity contribution is 6.05. The summed E-state index contributed by atoms with van der Waals surface area (Å²) in [6.45, 7) is 7.31. The Morgan fingerprint density at radius 2 is 1.80 bits per heavy atom. The number of likely N-dealkylation sites (N-methyl/N-ethyl adjacent to an activating group) is 1. The van der Waals surface area contributed by atoms with E-state index >= 15 is 0 Å². The number of nitrogens with zero attached hydrogens (tertiary/aromatic N) is 5. The van der Waals surface area contributed by atoms with E-state index in [1.807, 2.05) is 12.1 Å². The topological polar surface area (TPSA) is 89.5 Å². The van der Waals surface area contributed by atoms with Gasteiger partial charge in [0.2, 0.25) is 0 Å². The van der Waals surface area contributed by atoms with E-state index in [9.17, 15) is 9.18 Å². The number of carbonyl (C=O) groups excluding carboxylic acids is 1. The van der Waals surface area contributed by atoms with Crippen LogP contribution in [0.25, 0.3) is 27.8 Å². The lowest BCUT2D eigenvalue weighted by Gasteiger charge is -2.35. The van der Waals surface area contributed by atoms with Crippen molar-refractivity contribution < 1.29 is 13.9 Å². The molecule has 4 aromatic rings. The lowest BCUT2D eigenvalue weighted by Crippen LogP contribution is -2.46. The van der Waals surface area contributed by atoms with E-state index in [4.69, 9.17) is 10.5 Å². The van der Waals surface area contributed by atoms with Gasteiger partial charge in [-0.3, -0.25) is 9.78 Å². The molecule has 0 aliphatic carbocycles. The molecule has 0 bridgehead atoms. The highest BCUT2D eigenvalue weighted by Crippen LogP contribution is 2.34. The van der Waals surface area contributed by atoms with E-state index in [1.54, 1.807) is 29.1 Å². The molecule has 35 heavy (non-hydrogen) atoms. The molecule has 0 radical (unpaired) electrons. The normalized spacial score (nSPS) is 14.4. The van der Waals surface area contributed by atoms with Crippen molar-refractivity contribution in [3.05, 3.63) is 66.2 Å². The van der Waals surface area contributed by atoms with Gasteiger partial charge in [-0.2, -0.15) is 5.10 Å². The summed E-state index contributed by atoms with van der Waals surface area (Å²) in [6.07, 6.45) is 1.58. The number of nitrogens with two attached hydrogens (primary N) is 1. The van der Waals surface area contributed by atoms with Gasteiger partial charge in [0.15, 0.2) is 5.69 Å². The number of methoxy groups -OCH3 is 1. The summed E-state index contributed by atoms with van der Waals surface area (Å²) in [6, 6.07) is 14.2. The van der Waals surface area contributed by atoms with Crippen LogP contribution < -0.4 is 15.4 Å². The van der Waals surface area contributed by atoms with Gasteiger partial charge >= 0.3 is 0 Å². The Hall–Kier alpha value is -3.98. The van der Waals surface area contributed by atoms with Gasteiger partial charge in [-0.1, -0.05) is 13.0 Å². The van der Waals surface area contributed by atoms with Gasteiger partial charge in [-0.05, 0) is 49.0 Å². The van der Waals surface area contributed by atoms with Crippen molar-refractivity contribution in [2.75, 3.05) is 44.7 Å². The SMILES string of the molecule is CCN1CCN(c2ccc(-n3nc(C(N)=O)c4cc(-c5c(F)cccc5OC)ncc43)cc2)CC1. The third-order valence-corrected chi connectivity index (χ3v) is 6.53. The molecule has 1 amide bonds. The molecule has 1 aliphatic rings. The summed E-state index contributed by atoms with van der Waals surface area (Å²) in [5.41, 5.74) is 8.80. The number of fused-ring (bicyclic) bond motifs is 1.